The highest BCUT2D eigenvalue weighted by molar-refractivity contribution is 6.05. The number of aliphatic carboxylic acids is 4. The van der Waals surface area contributed by atoms with Gasteiger partial charge in [-0.2, -0.15) is 0 Å². The van der Waals surface area contributed by atoms with Crippen LogP contribution in [0.1, 0.15) is 25.7 Å². The van der Waals surface area contributed by atoms with Crippen LogP contribution in [-0.2, 0) is 19.2 Å². The number of aliphatic imine (C=N–C) groups is 2. The van der Waals surface area contributed by atoms with Crippen LogP contribution in [0.3, 0.4) is 0 Å². The predicted molar refractivity (Wildman–Crippen MR) is 85.4 cm³/mol. The van der Waals surface area contributed by atoms with E-state index >= 15 is 0 Å². The zero-order valence-corrected chi connectivity index (χ0v) is 13.6. The third-order valence-corrected chi connectivity index (χ3v) is 5.47. The maximum atomic E-state index is 11.4. The molecule has 0 spiro atoms. The van der Waals surface area contributed by atoms with Gasteiger partial charge in [-0.15, -0.1) is 0 Å². The average Bonchev–Trinajstić information content (AvgIpc) is 2.57. The first-order chi connectivity index (χ1) is 12.2. The quantitative estimate of drug-likeness (QED) is 0.538. The van der Waals surface area contributed by atoms with Crippen LogP contribution in [0.5, 0.6) is 0 Å². The lowest BCUT2D eigenvalue weighted by molar-refractivity contribution is -0.154. The number of carboxylic acids is 4. The third kappa shape index (κ3) is 3.06. The monoisotopic (exact) mass is 366 g/mol. The third-order valence-electron chi connectivity index (χ3n) is 5.47. The first-order valence-corrected chi connectivity index (χ1v) is 8.23. The second-order valence-corrected chi connectivity index (χ2v) is 6.93. The first kappa shape index (κ1) is 18.0. The van der Waals surface area contributed by atoms with Crippen molar-refractivity contribution in [1.29, 1.82) is 0 Å². The Hall–Kier alpha value is -2.78. The molecule has 0 radical (unpaired) electrons. The van der Waals surface area contributed by atoms with Gasteiger partial charge in [0.05, 0.1) is 35.8 Å². The van der Waals surface area contributed by atoms with E-state index in [4.69, 9.17) is 0 Å². The minimum atomic E-state index is -1.22. The Labute approximate surface area is 147 Å². The Kier molecular flexibility index (Phi) is 4.51. The van der Waals surface area contributed by atoms with Gasteiger partial charge < -0.3 is 20.4 Å². The fourth-order valence-electron chi connectivity index (χ4n) is 4.09. The van der Waals surface area contributed by atoms with Crippen LogP contribution < -0.4 is 0 Å². The van der Waals surface area contributed by atoms with Crippen molar-refractivity contribution in [2.45, 2.75) is 37.8 Å². The van der Waals surface area contributed by atoms with Crippen LogP contribution in [0, 0.1) is 23.7 Å². The van der Waals surface area contributed by atoms with Gasteiger partial charge in [0, 0.05) is 24.3 Å². The molecular formula is C16H18N2O8. The van der Waals surface area contributed by atoms with Gasteiger partial charge in [0.1, 0.15) is 0 Å². The molecule has 3 aliphatic rings. The van der Waals surface area contributed by atoms with E-state index in [2.05, 4.69) is 9.98 Å². The van der Waals surface area contributed by atoms with E-state index in [0.717, 1.165) is 0 Å². The normalized spacial score (nSPS) is 36.0. The summed E-state index contributed by atoms with van der Waals surface area (Å²) >= 11 is 0. The SMILES string of the molecule is O=C(O)C1CC2=NC3CC(C(=O)O)C(C(=O)O)CC3=NC2CC1C(=O)O. The second kappa shape index (κ2) is 6.50. The fraction of sp³-hybridized carbons (Fsp3) is 0.625. The largest absolute Gasteiger partial charge is 0.481 e. The molecule has 10 heteroatoms. The van der Waals surface area contributed by atoms with E-state index in [9.17, 15) is 39.6 Å². The summed E-state index contributed by atoms with van der Waals surface area (Å²) in [5, 5.41) is 37.2. The molecule has 1 heterocycles. The number of carbonyl (C=O) groups is 4. The van der Waals surface area contributed by atoms with Crippen molar-refractivity contribution in [3.8, 4) is 0 Å². The molecule has 1 aliphatic heterocycles. The van der Waals surface area contributed by atoms with Gasteiger partial charge in [0.25, 0.3) is 0 Å². The van der Waals surface area contributed by atoms with Gasteiger partial charge in [0.15, 0.2) is 0 Å². The van der Waals surface area contributed by atoms with Gasteiger partial charge in [0.2, 0.25) is 0 Å². The lowest BCUT2D eigenvalue weighted by Gasteiger charge is -2.39. The van der Waals surface area contributed by atoms with Gasteiger partial charge in [-0.05, 0) is 12.8 Å². The summed E-state index contributed by atoms with van der Waals surface area (Å²) < 4.78 is 0. The number of hydrogen-bond acceptors (Lipinski definition) is 6. The van der Waals surface area contributed by atoms with Gasteiger partial charge in [-0.1, -0.05) is 0 Å². The van der Waals surface area contributed by atoms with E-state index in [-0.39, 0.29) is 25.7 Å². The highest BCUT2D eigenvalue weighted by atomic mass is 16.4. The average molecular weight is 366 g/mol. The van der Waals surface area contributed by atoms with Crippen molar-refractivity contribution >= 4 is 35.3 Å². The van der Waals surface area contributed by atoms with E-state index in [1.807, 2.05) is 0 Å². The van der Waals surface area contributed by atoms with Crippen LogP contribution in [0.4, 0.5) is 0 Å². The number of carboxylic acid groups (broad SMARTS) is 4. The van der Waals surface area contributed by atoms with Crippen LogP contribution in [0.15, 0.2) is 9.98 Å². The Morgan fingerprint density at radius 2 is 0.923 bits per heavy atom. The van der Waals surface area contributed by atoms with Crippen LogP contribution in [-0.4, -0.2) is 67.8 Å². The van der Waals surface area contributed by atoms with Crippen LogP contribution >= 0.6 is 0 Å². The molecule has 0 saturated heterocycles. The van der Waals surface area contributed by atoms with E-state index in [0.29, 0.717) is 11.4 Å². The maximum absolute atomic E-state index is 11.4. The summed E-state index contributed by atoms with van der Waals surface area (Å²) in [4.78, 5) is 54.5. The first-order valence-electron chi connectivity index (χ1n) is 8.23. The highest BCUT2D eigenvalue weighted by Gasteiger charge is 2.48. The molecule has 2 saturated carbocycles. The molecule has 2 aliphatic carbocycles. The summed E-state index contributed by atoms with van der Waals surface area (Å²) in [7, 11) is 0. The van der Waals surface area contributed by atoms with Crippen LogP contribution in [0.25, 0.3) is 0 Å². The Bertz CT molecular complexity index is 681. The van der Waals surface area contributed by atoms with Crippen molar-refractivity contribution in [2.75, 3.05) is 0 Å². The molecule has 4 N–H and O–H groups in total. The molecule has 26 heavy (non-hydrogen) atoms. The predicted octanol–water partition coefficient (Wildman–Crippen LogP) is 0.0100. The maximum Gasteiger partial charge on any atom is 0.307 e. The summed E-state index contributed by atoms with van der Waals surface area (Å²) in [5.74, 6) is -9.26. The van der Waals surface area contributed by atoms with Crippen molar-refractivity contribution < 1.29 is 39.6 Å². The molecule has 10 nitrogen and oxygen atoms in total. The molecule has 3 rings (SSSR count). The number of rotatable bonds is 4. The summed E-state index contributed by atoms with van der Waals surface area (Å²) in [5.41, 5.74) is 0.920. The van der Waals surface area contributed by atoms with Crippen molar-refractivity contribution in [2.24, 2.45) is 33.7 Å². The summed E-state index contributed by atoms with van der Waals surface area (Å²) in [6, 6.07) is -1.18. The van der Waals surface area contributed by atoms with E-state index in [1.54, 1.807) is 0 Å². The van der Waals surface area contributed by atoms with Gasteiger partial charge in [-0.3, -0.25) is 29.2 Å². The van der Waals surface area contributed by atoms with Crippen LogP contribution in [0.2, 0.25) is 0 Å². The molecule has 6 atom stereocenters. The Morgan fingerprint density at radius 1 is 0.615 bits per heavy atom. The van der Waals surface area contributed by atoms with Crippen molar-refractivity contribution in [1.82, 2.24) is 0 Å². The smallest absolute Gasteiger partial charge is 0.307 e. The topological polar surface area (TPSA) is 174 Å². The molecule has 140 valence electrons. The zero-order chi connectivity index (χ0) is 19.2. The molecule has 0 aromatic rings. The number of hydrogen-bond donors (Lipinski definition) is 4. The standard InChI is InChI=1S/C16H18N2O8/c19-13(20)5-1-9-10(2-6(5)14(21)22)18-12-4-8(16(25)26)7(15(23)24)3-11(12)17-9/h5-9,12H,1-4H2,(H,19,20)(H,21,22)(H,23,24)(H,25,26). The molecule has 0 amide bonds. The molecule has 0 aromatic carbocycles. The van der Waals surface area contributed by atoms with Crippen molar-refractivity contribution in [3.05, 3.63) is 0 Å². The molecule has 2 fully saturated rings. The fourth-order valence-corrected chi connectivity index (χ4v) is 4.09. The molecule has 0 bridgehead atoms. The van der Waals surface area contributed by atoms with E-state index in [1.165, 1.54) is 0 Å². The van der Waals surface area contributed by atoms with E-state index < -0.39 is 59.6 Å². The lowest BCUT2D eigenvalue weighted by Crippen LogP contribution is -2.48. The number of fused-ring (bicyclic) bond motifs is 2. The summed E-state index contributed by atoms with van der Waals surface area (Å²) in [6.45, 7) is 0. The highest BCUT2D eigenvalue weighted by Crippen LogP contribution is 2.38. The minimum absolute atomic E-state index is 0.0124. The Morgan fingerprint density at radius 3 is 1.19 bits per heavy atom. The lowest BCUT2D eigenvalue weighted by atomic mass is 9.72. The Balaban J connectivity index is 1.89. The van der Waals surface area contributed by atoms with Gasteiger partial charge >= 0.3 is 23.9 Å². The van der Waals surface area contributed by atoms with Gasteiger partial charge in [-0.25, -0.2) is 0 Å². The number of nitrogens with zero attached hydrogens (tertiary/aromatic N) is 2. The summed E-state index contributed by atoms with van der Waals surface area (Å²) in [6.07, 6.45) is -0.127. The molecule has 6 unspecified atom stereocenters. The zero-order valence-electron chi connectivity index (χ0n) is 13.6. The minimum Gasteiger partial charge on any atom is -0.481 e. The molecule has 0 aromatic heterocycles. The second-order valence-electron chi connectivity index (χ2n) is 6.93. The van der Waals surface area contributed by atoms with Crippen molar-refractivity contribution in [3.63, 3.8) is 0 Å². The molecular weight excluding hydrogens is 348 g/mol.